The lowest BCUT2D eigenvalue weighted by Crippen LogP contribution is -2.49. The van der Waals surface area contributed by atoms with E-state index in [0.717, 1.165) is 25.7 Å². The van der Waals surface area contributed by atoms with Crippen LogP contribution in [0.25, 0.3) is 0 Å². The van der Waals surface area contributed by atoms with Gasteiger partial charge in [-0.25, -0.2) is 4.68 Å². The summed E-state index contributed by atoms with van der Waals surface area (Å²) in [5, 5.41) is 19.3. The average molecular weight is 483 g/mol. The molecule has 10 nitrogen and oxygen atoms in total. The zero-order valence-electron chi connectivity index (χ0n) is 18.6. The SMILES string of the molecule is O=C(Cn1cnnn1)NC(CC1CCCCC1)C(=O)NCCNc1ccc(OC(F)(F)F)cc1. The molecule has 13 heteroatoms. The third-order valence-corrected chi connectivity index (χ3v) is 5.48. The molecule has 3 rings (SSSR count). The van der Waals surface area contributed by atoms with E-state index in [2.05, 4.69) is 36.2 Å². The Hall–Kier alpha value is -3.38. The summed E-state index contributed by atoms with van der Waals surface area (Å²) in [4.78, 5) is 25.2. The Labute approximate surface area is 194 Å². The second-order valence-electron chi connectivity index (χ2n) is 8.16. The fraction of sp³-hybridized carbons (Fsp3) is 0.571. The Morgan fingerprint density at radius 1 is 1.12 bits per heavy atom. The van der Waals surface area contributed by atoms with Crippen molar-refractivity contribution in [2.75, 3.05) is 18.4 Å². The van der Waals surface area contributed by atoms with E-state index in [1.54, 1.807) is 0 Å². The van der Waals surface area contributed by atoms with Crippen LogP contribution in [0, 0.1) is 5.92 Å². The first kappa shape index (κ1) is 25.2. The molecule has 3 N–H and O–H groups in total. The molecular formula is C21H28F3N7O3. The molecule has 186 valence electrons. The van der Waals surface area contributed by atoms with Crippen molar-refractivity contribution in [3.05, 3.63) is 30.6 Å². The summed E-state index contributed by atoms with van der Waals surface area (Å²) in [6.07, 6.45) is 2.63. The number of rotatable bonds is 11. The predicted molar refractivity (Wildman–Crippen MR) is 116 cm³/mol. The van der Waals surface area contributed by atoms with E-state index in [0.29, 0.717) is 24.6 Å². The predicted octanol–water partition coefficient (Wildman–Crippen LogP) is 2.26. The van der Waals surface area contributed by atoms with Crippen LogP contribution in [0.15, 0.2) is 30.6 Å². The van der Waals surface area contributed by atoms with E-state index in [-0.39, 0.29) is 30.7 Å². The van der Waals surface area contributed by atoms with E-state index < -0.39 is 12.4 Å². The van der Waals surface area contributed by atoms with Gasteiger partial charge in [-0.1, -0.05) is 32.1 Å². The Morgan fingerprint density at radius 2 is 1.85 bits per heavy atom. The van der Waals surface area contributed by atoms with Gasteiger partial charge in [0.05, 0.1) is 0 Å². The Balaban J connectivity index is 1.46. The number of amides is 2. The molecule has 0 saturated heterocycles. The third-order valence-electron chi connectivity index (χ3n) is 5.48. The summed E-state index contributed by atoms with van der Waals surface area (Å²) in [5.74, 6) is -0.586. The summed E-state index contributed by atoms with van der Waals surface area (Å²) in [6.45, 7) is 0.528. The van der Waals surface area contributed by atoms with Crippen molar-refractivity contribution in [2.45, 2.75) is 57.5 Å². The van der Waals surface area contributed by atoms with Gasteiger partial charge in [-0.05, 0) is 47.0 Å². The minimum Gasteiger partial charge on any atom is -0.406 e. The number of tetrazole rings is 1. The summed E-state index contributed by atoms with van der Waals surface area (Å²) in [6, 6.07) is 4.64. The van der Waals surface area contributed by atoms with Crippen molar-refractivity contribution in [1.29, 1.82) is 0 Å². The highest BCUT2D eigenvalue weighted by molar-refractivity contribution is 5.87. The topological polar surface area (TPSA) is 123 Å². The highest BCUT2D eigenvalue weighted by Gasteiger charge is 2.31. The first-order valence-corrected chi connectivity index (χ1v) is 11.2. The van der Waals surface area contributed by atoms with Gasteiger partial charge in [-0.2, -0.15) is 0 Å². The number of halogens is 3. The highest BCUT2D eigenvalue weighted by atomic mass is 19.4. The molecule has 0 bridgehead atoms. The number of carbonyl (C=O) groups is 2. The van der Waals surface area contributed by atoms with E-state index >= 15 is 0 Å². The number of carbonyl (C=O) groups excluding carboxylic acids is 2. The fourth-order valence-electron chi connectivity index (χ4n) is 3.92. The number of benzene rings is 1. The molecule has 1 aliphatic rings. The molecule has 1 aromatic carbocycles. The molecule has 0 spiro atoms. The molecule has 1 atom stereocenters. The molecule has 1 heterocycles. The van der Waals surface area contributed by atoms with Gasteiger partial charge in [0, 0.05) is 18.8 Å². The molecule has 2 aromatic rings. The van der Waals surface area contributed by atoms with Crippen LogP contribution < -0.4 is 20.7 Å². The van der Waals surface area contributed by atoms with E-state index in [9.17, 15) is 22.8 Å². The van der Waals surface area contributed by atoms with Crippen LogP contribution in [0.4, 0.5) is 18.9 Å². The monoisotopic (exact) mass is 483 g/mol. The molecule has 1 unspecified atom stereocenters. The number of anilines is 1. The van der Waals surface area contributed by atoms with Gasteiger partial charge < -0.3 is 20.7 Å². The Morgan fingerprint density at radius 3 is 2.50 bits per heavy atom. The van der Waals surface area contributed by atoms with Crippen LogP contribution in [0.2, 0.25) is 0 Å². The van der Waals surface area contributed by atoms with Crippen molar-refractivity contribution in [3.8, 4) is 5.75 Å². The summed E-state index contributed by atoms with van der Waals surface area (Å²) in [5.41, 5.74) is 0.581. The molecule has 1 aliphatic carbocycles. The third kappa shape index (κ3) is 8.87. The standard InChI is InChI=1S/C21H28F3N7O3/c22-21(23,24)34-17-8-6-16(7-9-17)25-10-11-26-20(33)18(12-15-4-2-1-3-5-15)28-19(32)13-31-14-27-29-30-31/h6-9,14-15,18,25H,1-5,10-13H2,(H,26,33)(H,28,32). The minimum atomic E-state index is -4.74. The first-order valence-electron chi connectivity index (χ1n) is 11.2. The largest absolute Gasteiger partial charge is 0.573 e. The van der Waals surface area contributed by atoms with Gasteiger partial charge in [0.1, 0.15) is 24.7 Å². The molecule has 1 saturated carbocycles. The molecule has 1 fully saturated rings. The maximum atomic E-state index is 12.8. The van der Waals surface area contributed by atoms with Gasteiger partial charge in [-0.3, -0.25) is 9.59 Å². The quantitative estimate of drug-likeness (QED) is 0.419. The first-order chi connectivity index (χ1) is 16.3. The smallest absolute Gasteiger partial charge is 0.406 e. The average Bonchev–Trinajstić information content (AvgIpc) is 3.30. The van der Waals surface area contributed by atoms with Gasteiger partial charge in [0.25, 0.3) is 0 Å². The lowest BCUT2D eigenvalue weighted by atomic mass is 9.84. The number of nitrogens with zero attached hydrogens (tertiary/aromatic N) is 4. The van der Waals surface area contributed by atoms with Crippen molar-refractivity contribution in [1.82, 2.24) is 30.8 Å². The number of aromatic nitrogens is 4. The molecule has 0 radical (unpaired) electrons. The Bertz CT molecular complexity index is 901. The molecule has 34 heavy (non-hydrogen) atoms. The van der Waals surface area contributed by atoms with Gasteiger partial charge in [-0.15, -0.1) is 18.3 Å². The molecule has 0 aliphatic heterocycles. The van der Waals surface area contributed by atoms with Crippen LogP contribution in [0.1, 0.15) is 38.5 Å². The van der Waals surface area contributed by atoms with Crippen molar-refractivity contribution in [2.24, 2.45) is 5.92 Å². The van der Waals surface area contributed by atoms with Crippen LogP contribution in [0.3, 0.4) is 0 Å². The lowest BCUT2D eigenvalue weighted by molar-refractivity contribution is -0.274. The molecule has 1 aromatic heterocycles. The molecule has 2 amide bonds. The lowest BCUT2D eigenvalue weighted by Gasteiger charge is -2.26. The highest BCUT2D eigenvalue weighted by Crippen LogP contribution is 2.27. The second kappa shape index (κ2) is 12.2. The van der Waals surface area contributed by atoms with Gasteiger partial charge >= 0.3 is 6.36 Å². The summed E-state index contributed by atoms with van der Waals surface area (Å²) in [7, 11) is 0. The molecular weight excluding hydrogens is 455 g/mol. The van der Waals surface area contributed by atoms with Crippen molar-refractivity contribution in [3.63, 3.8) is 0 Å². The van der Waals surface area contributed by atoms with Crippen molar-refractivity contribution < 1.29 is 27.5 Å². The number of nitrogens with one attached hydrogen (secondary N) is 3. The zero-order chi connectivity index (χ0) is 24.4. The maximum Gasteiger partial charge on any atom is 0.573 e. The number of ether oxygens (including phenoxy) is 1. The van der Waals surface area contributed by atoms with E-state index in [4.69, 9.17) is 0 Å². The Kier molecular flexibility index (Phi) is 9.05. The number of alkyl halides is 3. The fourth-order valence-corrected chi connectivity index (χ4v) is 3.92. The number of hydrogen-bond donors (Lipinski definition) is 3. The van der Waals surface area contributed by atoms with Crippen LogP contribution in [-0.2, 0) is 16.1 Å². The van der Waals surface area contributed by atoms with Crippen LogP contribution in [-0.4, -0.2) is 57.5 Å². The van der Waals surface area contributed by atoms with Gasteiger partial charge in [0.2, 0.25) is 11.8 Å². The zero-order valence-corrected chi connectivity index (χ0v) is 18.6. The van der Waals surface area contributed by atoms with E-state index in [1.165, 1.54) is 41.7 Å². The van der Waals surface area contributed by atoms with Crippen LogP contribution >= 0.6 is 0 Å². The second-order valence-corrected chi connectivity index (χ2v) is 8.16. The van der Waals surface area contributed by atoms with Crippen molar-refractivity contribution >= 4 is 17.5 Å². The number of hydrogen-bond acceptors (Lipinski definition) is 7. The maximum absolute atomic E-state index is 12.8. The van der Waals surface area contributed by atoms with E-state index in [1.807, 2.05) is 0 Å². The normalized spacial score (nSPS) is 15.4. The summed E-state index contributed by atoms with van der Waals surface area (Å²) < 4.78 is 41.8. The van der Waals surface area contributed by atoms with Crippen LogP contribution in [0.5, 0.6) is 5.75 Å². The van der Waals surface area contributed by atoms with Gasteiger partial charge in [0.15, 0.2) is 0 Å². The minimum absolute atomic E-state index is 0.0863. The summed E-state index contributed by atoms with van der Waals surface area (Å²) >= 11 is 0.